The number of aromatic nitrogens is 2. The van der Waals surface area contributed by atoms with E-state index in [1.54, 1.807) is 0 Å². The van der Waals surface area contributed by atoms with Gasteiger partial charge in [0.1, 0.15) is 0 Å². The summed E-state index contributed by atoms with van der Waals surface area (Å²) in [6.07, 6.45) is 2.15. The summed E-state index contributed by atoms with van der Waals surface area (Å²) in [5.41, 5.74) is 3.48. The van der Waals surface area contributed by atoms with Gasteiger partial charge in [0, 0.05) is 5.56 Å². The van der Waals surface area contributed by atoms with Crippen molar-refractivity contribution >= 4 is 10.9 Å². The molecule has 3 rings (SSSR count). The fourth-order valence-electron chi connectivity index (χ4n) is 2.72. The number of nitrogen functional groups attached to an aromatic ring is 1. The van der Waals surface area contributed by atoms with E-state index >= 15 is 0 Å². The summed E-state index contributed by atoms with van der Waals surface area (Å²) in [4.78, 5) is 17.1. The van der Waals surface area contributed by atoms with Gasteiger partial charge < -0.3 is 5.84 Å². The molecule has 0 saturated carbocycles. The third-order valence-corrected chi connectivity index (χ3v) is 3.89. The summed E-state index contributed by atoms with van der Waals surface area (Å²) < 4.78 is 1.14. The minimum atomic E-state index is -0.212. The van der Waals surface area contributed by atoms with Crippen LogP contribution in [0.1, 0.15) is 24.5 Å². The second-order valence-electron chi connectivity index (χ2n) is 5.53. The molecule has 0 atom stereocenters. The molecular weight excluding hydrogens is 274 g/mol. The van der Waals surface area contributed by atoms with Crippen LogP contribution in [-0.2, 0) is 6.42 Å². The summed E-state index contributed by atoms with van der Waals surface area (Å²) >= 11 is 0. The molecule has 112 valence electrons. The Balaban J connectivity index is 2.19. The predicted molar refractivity (Wildman–Crippen MR) is 90.3 cm³/mol. The van der Waals surface area contributed by atoms with Crippen LogP contribution in [0.15, 0.2) is 47.3 Å². The van der Waals surface area contributed by atoms with Gasteiger partial charge >= 0.3 is 0 Å². The highest BCUT2D eigenvalue weighted by atomic mass is 16.1. The zero-order valence-corrected chi connectivity index (χ0v) is 12.8. The Morgan fingerprint density at radius 2 is 1.86 bits per heavy atom. The van der Waals surface area contributed by atoms with Crippen molar-refractivity contribution in [2.75, 3.05) is 5.84 Å². The highest BCUT2D eigenvalue weighted by molar-refractivity contribution is 5.82. The average Bonchev–Trinajstić information content (AvgIpc) is 2.52. The molecule has 2 aromatic carbocycles. The van der Waals surface area contributed by atoms with Crippen molar-refractivity contribution in [2.45, 2.75) is 26.7 Å². The third kappa shape index (κ3) is 2.37. The number of hydrogen-bond acceptors (Lipinski definition) is 3. The quantitative estimate of drug-likeness (QED) is 0.755. The van der Waals surface area contributed by atoms with Crippen LogP contribution in [0.4, 0.5) is 0 Å². The molecule has 2 N–H and O–H groups in total. The van der Waals surface area contributed by atoms with Gasteiger partial charge in [-0.3, -0.25) is 4.79 Å². The van der Waals surface area contributed by atoms with Crippen LogP contribution in [-0.4, -0.2) is 9.66 Å². The zero-order chi connectivity index (χ0) is 15.7. The molecule has 1 heterocycles. The second-order valence-corrected chi connectivity index (χ2v) is 5.53. The van der Waals surface area contributed by atoms with Gasteiger partial charge in [0.2, 0.25) is 0 Å². The van der Waals surface area contributed by atoms with Gasteiger partial charge in [-0.05, 0) is 30.5 Å². The molecule has 0 saturated heterocycles. The number of fused-ring (bicyclic) bond motifs is 1. The first-order valence-electron chi connectivity index (χ1n) is 7.48. The minimum absolute atomic E-state index is 0.212. The van der Waals surface area contributed by atoms with Crippen LogP contribution >= 0.6 is 0 Å². The lowest BCUT2D eigenvalue weighted by molar-refractivity contribution is 0.916. The zero-order valence-electron chi connectivity index (χ0n) is 12.8. The average molecular weight is 293 g/mol. The van der Waals surface area contributed by atoms with Crippen LogP contribution in [0.2, 0.25) is 0 Å². The number of aryl methyl sites for hydroxylation is 2. The molecular formula is C18H19N3O. The standard InChI is InChI=1S/C18H19N3O/c1-3-5-13-8-10-14(11-9-13)17-20-15-7-4-6-12(2)16(15)18(22)21(17)19/h4,6-11H,3,5,19H2,1-2H3. The van der Waals surface area contributed by atoms with E-state index in [9.17, 15) is 4.79 Å². The Hall–Kier alpha value is -2.62. The van der Waals surface area contributed by atoms with Crippen molar-refractivity contribution < 1.29 is 0 Å². The monoisotopic (exact) mass is 293 g/mol. The number of rotatable bonds is 3. The molecule has 0 bridgehead atoms. The van der Waals surface area contributed by atoms with Crippen LogP contribution in [0.25, 0.3) is 22.3 Å². The molecule has 4 heteroatoms. The smallest absolute Gasteiger partial charge is 0.280 e. The van der Waals surface area contributed by atoms with Gasteiger partial charge in [-0.25, -0.2) is 9.66 Å². The molecule has 22 heavy (non-hydrogen) atoms. The summed E-state index contributed by atoms with van der Waals surface area (Å²) in [7, 11) is 0. The van der Waals surface area contributed by atoms with Crippen molar-refractivity contribution in [2.24, 2.45) is 0 Å². The van der Waals surface area contributed by atoms with E-state index in [1.165, 1.54) is 5.56 Å². The maximum Gasteiger partial charge on any atom is 0.280 e. The Bertz CT molecular complexity index is 879. The first-order valence-corrected chi connectivity index (χ1v) is 7.48. The lowest BCUT2D eigenvalue weighted by atomic mass is 10.1. The molecule has 3 aromatic rings. The van der Waals surface area contributed by atoms with Crippen molar-refractivity contribution in [3.63, 3.8) is 0 Å². The maximum absolute atomic E-state index is 12.5. The summed E-state index contributed by atoms with van der Waals surface area (Å²) in [5.74, 6) is 6.48. The highest BCUT2D eigenvalue weighted by Crippen LogP contribution is 2.20. The van der Waals surface area contributed by atoms with Crippen LogP contribution in [0.5, 0.6) is 0 Å². The maximum atomic E-state index is 12.5. The molecule has 0 spiro atoms. The van der Waals surface area contributed by atoms with Gasteiger partial charge in [-0.1, -0.05) is 49.7 Å². The van der Waals surface area contributed by atoms with E-state index in [0.717, 1.165) is 28.6 Å². The van der Waals surface area contributed by atoms with Crippen LogP contribution in [0, 0.1) is 6.92 Å². The summed E-state index contributed by atoms with van der Waals surface area (Å²) in [6.45, 7) is 4.04. The fraction of sp³-hybridized carbons (Fsp3) is 0.222. The van der Waals surface area contributed by atoms with Gasteiger partial charge in [-0.15, -0.1) is 0 Å². The first kappa shape index (κ1) is 14.3. The SMILES string of the molecule is CCCc1ccc(-c2nc3cccc(C)c3c(=O)n2N)cc1. The Morgan fingerprint density at radius 3 is 2.55 bits per heavy atom. The Kier molecular flexibility index (Phi) is 3.67. The van der Waals surface area contributed by atoms with Gasteiger partial charge in [0.15, 0.2) is 5.82 Å². The van der Waals surface area contributed by atoms with Gasteiger partial charge in [-0.2, -0.15) is 0 Å². The van der Waals surface area contributed by atoms with E-state index in [4.69, 9.17) is 5.84 Å². The minimum Gasteiger partial charge on any atom is -0.334 e. The van der Waals surface area contributed by atoms with Crippen LogP contribution < -0.4 is 11.4 Å². The molecule has 0 radical (unpaired) electrons. The van der Waals surface area contributed by atoms with Crippen LogP contribution in [0.3, 0.4) is 0 Å². The Labute approximate surface area is 129 Å². The Morgan fingerprint density at radius 1 is 1.14 bits per heavy atom. The van der Waals surface area contributed by atoms with Crippen molar-refractivity contribution in [3.8, 4) is 11.4 Å². The molecule has 0 unspecified atom stereocenters. The van der Waals surface area contributed by atoms with E-state index in [2.05, 4.69) is 24.0 Å². The third-order valence-electron chi connectivity index (χ3n) is 3.89. The normalized spacial score (nSPS) is 11.0. The van der Waals surface area contributed by atoms with E-state index in [0.29, 0.717) is 16.7 Å². The summed E-state index contributed by atoms with van der Waals surface area (Å²) in [5, 5.41) is 0.580. The lowest BCUT2D eigenvalue weighted by Gasteiger charge is -2.10. The summed E-state index contributed by atoms with van der Waals surface area (Å²) in [6, 6.07) is 13.7. The highest BCUT2D eigenvalue weighted by Gasteiger charge is 2.12. The number of hydrogen-bond donors (Lipinski definition) is 1. The molecule has 0 aliphatic heterocycles. The number of nitrogens with two attached hydrogens (primary N) is 1. The number of benzene rings is 2. The molecule has 4 nitrogen and oxygen atoms in total. The number of nitrogens with zero attached hydrogens (tertiary/aromatic N) is 2. The topological polar surface area (TPSA) is 60.9 Å². The van der Waals surface area contributed by atoms with Gasteiger partial charge in [0.25, 0.3) is 5.56 Å². The largest absolute Gasteiger partial charge is 0.334 e. The first-order chi connectivity index (χ1) is 10.6. The van der Waals surface area contributed by atoms with E-state index in [1.807, 2.05) is 37.3 Å². The van der Waals surface area contributed by atoms with E-state index in [-0.39, 0.29) is 5.56 Å². The predicted octanol–water partition coefficient (Wildman–Crippen LogP) is 3.04. The van der Waals surface area contributed by atoms with E-state index < -0.39 is 0 Å². The van der Waals surface area contributed by atoms with Crippen molar-refractivity contribution in [3.05, 3.63) is 63.9 Å². The second kappa shape index (κ2) is 5.64. The van der Waals surface area contributed by atoms with Crippen molar-refractivity contribution in [1.29, 1.82) is 0 Å². The molecule has 0 fully saturated rings. The molecule has 0 aliphatic carbocycles. The molecule has 0 aliphatic rings. The van der Waals surface area contributed by atoms with Crippen molar-refractivity contribution in [1.82, 2.24) is 9.66 Å². The molecule has 1 aromatic heterocycles. The fourth-order valence-corrected chi connectivity index (χ4v) is 2.72. The molecule has 0 amide bonds. The van der Waals surface area contributed by atoms with Gasteiger partial charge in [0.05, 0.1) is 10.9 Å². The lowest BCUT2D eigenvalue weighted by Crippen LogP contribution is -2.30.